The predicted molar refractivity (Wildman–Crippen MR) is 98.6 cm³/mol. The molecule has 0 bridgehead atoms. The topological polar surface area (TPSA) is 97.1 Å². The van der Waals surface area contributed by atoms with Crippen molar-refractivity contribution in [1.82, 2.24) is 9.97 Å². The second kappa shape index (κ2) is 8.16. The number of hydrogen-bond acceptors (Lipinski definition) is 7. The average molecular weight is 407 g/mol. The number of carbonyl (C=O) groups is 1. The van der Waals surface area contributed by atoms with E-state index in [-0.39, 0.29) is 18.1 Å². The fourth-order valence-corrected chi connectivity index (χ4v) is 3.16. The first-order valence-corrected chi connectivity index (χ1v) is 8.86. The Balaban J connectivity index is 1.54. The minimum absolute atomic E-state index is 0.0231. The molecule has 1 N–H and O–H groups in total. The van der Waals surface area contributed by atoms with Crippen LogP contribution in [-0.4, -0.2) is 28.8 Å². The number of carbonyl (C=O) groups excluding carboxylic acids is 1. The van der Waals surface area contributed by atoms with E-state index in [1.54, 1.807) is 6.92 Å². The van der Waals surface area contributed by atoms with Crippen LogP contribution >= 0.6 is 22.9 Å². The lowest BCUT2D eigenvalue weighted by Crippen LogP contribution is -2.25. The molecular weight excluding hydrogens is 395 g/mol. The Hall–Kier alpha value is -2.96. The van der Waals surface area contributed by atoms with E-state index < -0.39 is 18.0 Å². The molecule has 2 aromatic heterocycles. The molecule has 0 radical (unpaired) electrons. The molecule has 3 rings (SSSR count). The number of fused-ring (bicyclic) bond motifs is 1. The Morgan fingerprint density at radius 1 is 1.48 bits per heavy atom. The highest BCUT2D eigenvalue weighted by Crippen LogP contribution is 2.31. The van der Waals surface area contributed by atoms with Crippen LogP contribution in [0.1, 0.15) is 12.6 Å². The molecule has 0 spiro atoms. The molecule has 0 aliphatic carbocycles. The quantitative estimate of drug-likeness (QED) is 0.675. The zero-order valence-corrected chi connectivity index (χ0v) is 15.5. The summed E-state index contributed by atoms with van der Waals surface area (Å²) in [6, 6.07) is 7.61. The summed E-state index contributed by atoms with van der Waals surface area (Å²) in [5.41, 5.74) is 1.07. The monoisotopic (exact) mass is 406 g/mol. The summed E-state index contributed by atoms with van der Waals surface area (Å²) in [4.78, 5) is 19.7. The first-order valence-electron chi connectivity index (χ1n) is 7.67. The third-order valence-corrected chi connectivity index (χ3v) is 4.44. The number of anilines is 1. The summed E-state index contributed by atoms with van der Waals surface area (Å²) in [5.74, 6) is -0.556. The van der Waals surface area contributed by atoms with Gasteiger partial charge in [-0.15, -0.1) is 11.3 Å². The zero-order valence-electron chi connectivity index (χ0n) is 13.9. The van der Waals surface area contributed by atoms with Crippen molar-refractivity contribution in [2.45, 2.75) is 13.0 Å². The van der Waals surface area contributed by atoms with Gasteiger partial charge in [0, 0.05) is 12.1 Å². The molecule has 1 atom stereocenters. The number of thiazole rings is 1. The summed E-state index contributed by atoms with van der Waals surface area (Å²) in [6.45, 7) is 1.56. The number of pyridine rings is 1. The molecule has 27 heavy (non-hydrogen) atoms. The van der Waals surface area contributed by atoms with Crippen molar-refractivity contribution in [3.05, 3.63) is 46.4 Å². The maximum atomic E-state index is 14.0. The first-order chi connectivity index (χ1) is 12.9. The number of nitriles is 1. The summed E-state index contributed by atoms with van der Waals surface area (Å²) < 4.78 is 25.6. The minimum atomic E-state index is -0.720. The van der Waals surface area contributed by atoms with E-state index in [0.717, 1.165) is 0 Å². The van der Waals surface area contributed by atoms with E-state index in [9.17, 15) is 9.18 Å². The van der Waals surface area contributed by atoms with Crippen LogP contribution in [0.5, 0.6) is 5.75 Å². The van der Waals surface area contributed by atoms with Gasteiger partial charge in [0.15, 0.2) is 16.0 Å². The fourth-order valence-electron chi connectivity index (χ4n) is 2.12. The molecule has 0 saturated carbocycles. The molecule has 0 fully saturated rings. The molecule has 0 saturated heterocycles. The number of rotatable bonds is 5. The lowest BCUT2D eigenvalue weighted by atomic mass is 10.3. The van der Waals surface area contributed by atoms with Crippen LogP contribution in [0.2, 0.25) is 4.47 Å². The van der Waals surface area contributed by atoms with Crippen LogP contribution in [0.25, 0.3) is 10.2 Å². The van der Waals surface area contributed by atoms with Gasteiger partial charge in [-0.25, -0.2) is 19.2 Å². The highest BCUT2D eigenvalue weighted by Gasteiger charge is 2.14. The lowest BCUT2D eigenvalue weighted by molar-refractivity contribution is 0.0844. The lowest BCUT2D eigenvalue weighted by Gasteiger charge is -2.15. The SMILES string of the molecule is C[C@H](COc1cc2sc(Cl)nc2cc1F)OC(=O)Nc1ccc(C#N)nc1. The molecule has 3 aromatic rings. The fraction of sp³-hybridized carbons (Fsp3) is 0.176. The Morgan fingerprint density at radius 3 is 3.00 bits per heavy atom. The van der Waals surface area contributed by atoms with E-state index in [4.69, 9.17) is 26.3 Å². The Morgan fingerprint density at radius 2 is 2.30 bits per heavy atom. The number of nitrogens with zero attached hydrogens (tertiary/aromatic N) is 3. The van der Waals surface area contributed by atoms with Gasteiger partial charge in [-0.05, 0) is 19.1 Å². The van der Waals surface area contributed by atoms with Crippen LogP contribution in [0, 0.1) is 17.1 Å². The first kappa shape index (κ1) is 18.8. The molecule has 0 aliphatic heterocycles. The van der Waals surface area contributed by atoms with Gasteiger partial charge in [-0.3, -0.25) is 5.32 Å². The number of hydrogen-bond donors (Lipinski definition) is 1. The van der Waals surface area contributed by atoms with Gasteiger partial charge in [-0.1, -0.05) is 11.6 Å². The van der Waals surface area contributed by atoms with Crippen LogP contribution < -0.4 is 10.1 Å². The third-order valence-electron chi connectivity index (χ3n) is 3.32. The third kappa shape index (κ3) is 4.81. The zero-order chi connectivity index (χ0) is 19.4. The van der Waals surface area contributed by atoms with Crippen molar-refractivity contribution >= 4 is 44.9 Å². The highest BCUT2D eigenvalue weighted by molar-refractivity contribution is 7.22. The number of ether oxygens (including phenoxy) is 2. The van der Waals surface area contributed by atoms with Gasteiger partial charge in [0.2, 0.25) is 0 Å². The normalized spacial score (nSPS) is 11.6. The molecule has 138 valence electrons. The van der Waals surface area contributed by atoms with Gasteiger partial charge >= 0.3 is 6.09 Å². The number of nitrogens with one attached hydrogen (secondary N) is 1. The van der Waals surface area contributed by atoms with Gasteiger partial charge < -0.3 is 9.47 Å². The maximum absolute atomic E-state index is 14.0. The number of benzene rings is 1. The molecule has 10 heteroatoms. The van der Waals surface area contributed by atoms with Crippen molar-refractivity contribution in [2.24, 2.45) is 0 Å². The van der Waals surface area contributed by atoms with Crippen molar-refractivity contribution < 1.29 is 18.7 Å². The standard InChI is InChI=1S/C17H12ClFN4O3S/c1-9(26-17(24)22-11-3-2-10(6-20)21-7-11)8-25-14-5-15-13(4-12(14)19)23-16(18)27-15/h2-5,7,9H,8H2,1H3,(H,22,24)/t9-/m1/s1. The van der Waals surface area contributed by atoms with E-state index >= 15 is 0 Å². The van der Waals surface area contributed by atoms with Crippen molar-refractivity contribution in [2.75, 3.05) is 11.9 Å². The van der Waals surface area contributed by atoms with Crippen molar-refractivity contribution in [3.8, 4) is 11.8 Å². The van der Waals surface area contributed by atoms with Crippen LogP contribution in [0.15, 0.2) is 30.5 Å². The average Bonchev–Trinajstić information content (AvgIpc) is 2.99. The highest BCUT2D eigenvalue weighted by atomic mass is 35.5. The van der Waals surface area contributed by atoms with E-state index in [2.05, 4.69) is 15.3 Å². The number of amides is 1. The van der Waals surface area contributed by atoms with Gasteiger partial charge in [0.25, 0.3) is 0 Å². The second-order valence-corrected chi connectivity index (χ2v) is 7.03. The van der Waals surface area contributed by atoms with Crippen LogP contribution in [0.3, 0.4) is 0 Å². The predicted octanol–water partition coefficient (Wildman–Crippen LogP) is 4.37. The molecule has 1 amide bonds. The molecular formula is C17H12ClFN4O3S. The van der Waals surface area contributed by atoms with Gasteiger partial charge in [0.05, 0.1) is 22.1 Å². The Bertz CT molecular complexity index is 1020. The van der Waals surface area contributed by atoms with Gasteiger partial charge in [0.1, 0.15) is 24.5 Å². The summed E-state index contributed by atoms with van der Waals surface area (Å²) in [5, 5.41) is 11.2. The van der Waals surface area contributed by atoms with Crippen LogP contribution in [0.4, 0.5) is 14.9 Å². The molecule has 0 aliphatic rings. The van der Waals surface area contributed by atoms with Crippen molar-refractivity contribution in [3.63, 3.8) is 0 Å². The van der Waals surface area contributed by atoms with Crippen LogP contribution in [-0.2, 0) is 4.74 Å². The number of aromatic nitrogens is 2. The van der Waals surface area contributed by atoms with Crippen molar-refractivity contribution in [1.29, 1.82) is 5.26 Å². The van der Waals surface area contributed by atoms with E-state index in [1.165, 1.54) is 41.8 Å². The van der Waals surface area contributed by atoms with E-state index in [0.29, 0.717) is 20.4 Å². The summed E-state index contributed by atoms with van der Waals surface area (Å²) >= 11 is 7.03. The number of halogens is 2. The van der Waals surface area contributed by atoms with E-state index in [1.807, 2.05) is 6.07 Å². The molecule has 7 nitrogen and oxygen atoms in total. The summed E-state index contributed by atoms with van der Waals surface area (Å²) in [7, 11) is 0. The smallest absolute Gasteiger partial charge is 0.412 e. The largest absolute Gasteiger partial charge is 0.487 e. The van der Waals surface area contributed by atoms with Gasteiger partial charge in [-0.2, -0.15) is 5.26 Å². The Kier molecular flexibility index (Phi) is 5.69. The molecule has 0 unspecified atom stereocenters. The minimum Gasteiger partial charge on any atom is -0.487 e. The second-order valence-electron chi connectivity index (χ2n) is 5.41. The molecule has 1 aromatic carbocycles. The maximum Gasteiger partial charge on any atom is 0.412 e. The Labute approximate surface area is 162 Å². The molecule has 2 heterocycles. The summed E-state index contributed by atoms with van der Waals surface area (Å²) in [6.07, 6.45) is -0.0227.